The first kappa shape index (κ1) is 20.1. The Bertz CT molecular complexity index is 903. The van der Waals surface area contributed by atoms with Crippen molar-refractivity contribution in [1.29, 1.82) is 0 Å². The zero-order valence-corrected chi connectivity index (χ0v) is 16.8. The first-order valence-corrected chi connectivity index (χ1v) is 10.6. The molecule has 0 saturated heterocycles. The molecule has 4 rings (SSSR count). The van der Waals surface area contributed by atoms with Gasteiger partial charge in [0.05, 0.1) is 12.5 Å². The number of aromatic amines is 1. The molecule has 0 spiro atoms. The summed E-state index contributed by atoms with van der Waals surface area (Å²) in [5.74, 6) is -0.0996. The van der Waals surface area contributed by atoms with Crippen molar-refractivity contribution in [2.45, 2.75) is 50.6 Å². The number of nitrogens with one attached hydrogen (secondary N) is 4. The summed E-state index contributed by atoms with van der Waals surface area (Å²) in [6.45, 7) is 0.590. The fourth-order valence-electron chi connectivity index (χ4n) is 4.34. The smallest absolute Gasteiger partial charge is 0.252 e. The molecule has 158 valence electrons. The van der Waals surface area contributed by atoms with E-state index in [-0.39, 0.29) is 42.1 Å². The number of H-pyrrole nitrogens is 1. The molecule has 3 amide bonds. The molecule has 4 N–H and O–H groups in total. The molecule has 2 heterocycles. The minimum Gasteiger partial charge on any atom is -0.355 e. The lowest BCUT2D eigenvalue weighted by atomic mass is 9.85. The van der Waals surface area contributed by atoms with Gasteiger partial charge in [-0.15, -0.1) is 0 Å². The van der Waals surface area contributed by atoms with E-state index >= 15 is 0 Å². The van der Waals surface area contributed by atoms with Gasteiger partial charge >= 0.3 is 0 Å². The maximum absolute atomic E-state index is 12.5. The molecule has 2 aliphatic rings. The second kappa shape index (κ2) is 9.11. The normalized spacial score (nSPS) is 22.8. The van der Waals surface area contributed by atoms with Crippen LogP contribution in [0.4, 0.5) is 0 Å². The van der Waals surface area contributed by atoms with Crippen LogP contribution in [0.2, 0.25) is 0 Å². The molecule has 8 nitrogen and oxygen atoms in total. The Kier molecular flexibility index (Phi) is 6.11. The average Bonchev–Trinajstić information content (AvgIpc) is 3.37. The van der Waals surface area contributed by atoms with Gasteiger partial charge in [-0.3, -0.25) is 19.5 Å². The minimum absolute atomic E-state index is 0.000848. The molecule has 1 atom stereocenters. The Morgan fingerprint density at radius 3 is 2.67 bits per heavy atom. The second-order valence-electron chi connectivity index (χ2n) is 8.06. The van der Waals surface area contributed by atoms with Crippen molar-refractivity contribution in [1.82, 2.24) is 26.1 Å². The molecule has 1 unspecified atom stereocenters. The highest BCUT2D eigenvalue weighted by molar-refractivity contribution is 5.99. The maximum atomic E-state index is 12.5. The molecule has 1 fully saturated rings. The van der Waals surface area contributed by atoms with Crippen LogP contribution in [0, 0.1) is 5.92 Å². The van der Waals surface area contributed by atoms with E-state index in [1.807, 2.05) is 24.3 Å². The molecule has 1 aromatic heterocycles. The van der Waals surface area contributed by atoms with E-state index in [0.29, 0.717) is 12.1 Å². The van der Waals surface area contributed by atoms with Gasteiger partial charge in [-0.1, -0.05) is 18.2 Å². The van der Waals surface area contributed by atoms with Crippen molar-refractivity contribution in [2.75, 3.05) is 6.54 Å². The van der Waals surface area contributed by atoms with Gasteiger partial charge in [0, 0.05) is 42.4 Å². The van der Waals surface area contributed by atoms with Crippen LogP contribution in [0.3, 0.4) is 0 Å². The number of amides is 3. The highest BCUT2D eigenvalue weighted by Crippen LogP contribution is 2.28. The lowest BCUT2D eigenvalue weighted by Crippen LogP contribution is -2.42. The summed E-state index contributed by atoms with van der Waals surface area (Å²) in [5, 5.41) is 15.7. The van der Waals surface area contributed by atoms with Gasteiger partial charge in [0.2, 0.25) is 11.8 Å². The number of hydrogen-bond donors (Lipinski definition) is 4. The molecule has 1 aliphatic carbocycles. The lowest BCUT2D eigenvalue weighted by molar-refractivity contribution is -0.126. The quantitative estimate of drug-likeness (QED) is 0.556. The summed E-state index contributed by atoms with van der Waals surface area (Å²) in [6, 6.07) is 9.09. The van der Waals surface area contributed by atoms with Gasteiger partial charge in [-0.05, 0) is 43.4 Å². The van der Waals surface area contributed by atoms with E-state index < -0.39 is 0 Å². The number of fused-ring (bicyclic) bond motifs is 1. The SMILES string of the molecule is O=C(CC1NC(=O)c2ccccc21)NC1CCC(C(=O)NCCc2ccn[nH]2)CC1. The van der Waals surface area contributed by atoms with Crippen molar-refractivity contribution in [3.63, 3.8) is 0 Å². The molecule has 0 radical (unpaired) electrons. The van der Waals surface area contributed by atoms with Crippen LogP contribution in [-0.4, -0.2) is 40.5 Å². The molecule has 30 heavy (non-hydrogen) atoms. The predicted molar refractivity (Wildman–Crippen MR) is 110 cm³/mol. The summed E-state index contributed by atoms with van der Waals surface area (Å²) in [5.41, 5.74) is 2.53. The third kappa shape index (κ3) is 4.69. The van der Waals surface area contributed by atoms with Crippen molar-refractivity contribution in [3.05, 3.63) is 53.3 Å². The third-order valence-electron chi connectivity index (χ3n) is 5.99. The van der Waals surface area contributed by atoms with Crippen molar-refractivity contribution in [3.8, 4) is 0 Å². The van der Waals surface area contributed by atoms with Crippen LogP contribution in [0.5, 0.6) is 0 Å². The van der Waals surface area contributed by atoms with Gasteiger partial charge < -0.3 is 16.0 Å². The van der Waals surface area contributed by atoms with Crippen LogP contribution in [0.15, 0.2) is 36.5 Å². The number of rotatable bonds is 7. The molecule has 1 aliphatic heterocycles. The van der Waals surface area contributed by atoms with E-state index in [1.54, 1.807) is 12.3 Å². The standard InChI is InChI=1S/C22H27N5O3/c28-20(13-19-17-3-1-2-4-18(17)22(30)26-19)25-15-7-5-14(6-8-15)21(29)23-11-9-16-10-12-24-27-16/h1-4,10,12,14-15,19H,5-9,11,13H2,(H,23,29)(H,24,27)(H,25,28)(H,26,30). The molecule has 1 saturated carbocycles. The zero-order valence-electron chi connectivity index (χ0n) is 16.8. The number of hydrogen-bond acceptors (Lipinski definition) is 4. The first-order chi connectivity index (χ1) is 14.6. The van der Waals surface area contributed by atoms with E-state index in [9.17, 15) is 14.4 Å². The minimum atomic E-state index is -0.273. The summed E-state index contributed by atoms with van der Waals surface area (Å²) < 4.78 is 0. The Morgan fingerprint density at radius 2 is 1.90 bits per heavy atom. The van der Waals surface area contributed by atoms with E-state index in [4.69, 9.17) is 0 Å². The highest BCUT2D eigenvalue weighted by Gasteiger charge is 2.31. The molecule has 2 aromatic rings. The van der Waals surface area contributed by atoms with Crippen molar-refractivity contribution in [2.24, 2.45) is 5.92 Å². The number of benzene rings is 1. The molecular formula is C22H27N5O3. The largest absolute Gasteiger partial charge is 0.355 e. The number of nitrogens with zero attached hydrogens (tertiary/aromatic N) is 1. The van der Waals surface area contributed by atoms with Gasteiger partial charge in [0.15, 0.2) is 0 Å². The lowest BCUT2D eigenvalue weighted by Gasteiger charge is -2.28. The Labute approximate surface area is 175 Å². The van der Waals surface area contributed by atoms with Crippen molar-refractivity contribution < 1.29 is 14.4 Å². The zero-order chi connectivity index (χ0) is 20.9. The number of aromatic nitrogens is 2. The van der Waals surface area contributed by atoms with Crippen LogP contribution >= 0.6 is 0 Å². The summed E-state index contributed by atoms with van der Waals surface area (Å²) >= 11 is 0. The van der Waals surface area contributed by atoms with Crippen LogP contribution in [0.25, 0.3) is 0 Å². The number of carbonyl (C=O) groups excluding carboxylic acids is 3. The highest BCUT2D eigenvalue weighted by atomic mass is 16.2. The summed E-state index contributed by atoms with van der Waals surface area (Å²) in [7, 11) is 0. The third-order valence-corrected chi connectivity index (χ3v) is 5.99. The summed E-state index contributed by atoms with van der Waals surface area (Å²) in [4.78, 5) is 36.9. The molecular weight excluding hydrogens is 382 g/mol. The Balaban J connectivity index is 1.18. The summed E-state index contributed by atoms with van der Waals surface area (Å²) in [6.07, 6.45) is 5.78. The predicted octanol–water partition coefficient (Wildman–Crippen LogP) is 1.62. The second-order valence-corrected chi connectivity index (χ2v) is 8.06. The molecule has 8 heteroatoms. The van der Waals surface area contributed by atoms with Crippen molar-refractivity contribution >= 4 is 17.7 Å². The Morgan fingerprint density at radius 1 is 1.10 bits per heavy atom. The fraction of sp³-hybridized carbons (Fsp3) is 0.455. The Hall–Kier alpha value is -3.16. The van der Waals surface area contributed by atoms with Crippen LogP contribution < -0.4 is 16.0 Å². The molecule has 1 aromatic carbocycles. The maximum Gasteiger partial charge on any atom is 0.252 e. The average molecular weight is 409 g/mol. The van der Waals surface area contributed by atoms with Gasteiger partial charge in [0.25, 0.3) is 5.91 Å². The van der Waals surface area contributed by atoms with Crippen LogP contribution in [-0.2, 0) is 16.0 Å². The van der Waals surface area contributed by atoms with Gasteiger partial charge in [-0.2, -0.15) is 5.10 Å². The topological polar surface area (TPSA) is 116 Å². The fourth-order valence-corrected chi connectivity index (χ4v) is 4.34. The molecule has 0 bridgehead atoms. The van der Waals surface area contributed by atoms with Gasteiger partial charge in [-0.25, -0.2) is 0 Å². The number of carbonyl (C=O) groups is 3. The monoisotopic (exact) mass is 409 g/mol. The van der Waals surface area contributed by atoms with E-state index in [2.05, 4.69) is 26.1 Å². The van der Waals surface area contributed by atoms with E-state index in [0.717, 1.165) is 43.4 Å². The van der Waals surface area contributed by atoms with Gasteiger partial charge in [0.1, 0.15) is 0 Å². The first-order valence-electron chi connectivity index (χ1n) is 10.6. The van der Waals surface area contributed by atoms with E-state index in [1.165, 1.54) is 0 Å². The van der Waals surface area contributed by atoms with Crippen LogP contribution in [0.1, 0.15) is 59.8 Å².